The van der Waals surface area contributed by atoms with Crippen molar-refractivity contribution < 1.29 is 17.6 Å². The molecule has 0 unspecified atom stereocenters. The van der Waals surface area contributed by atoms with Crippen LogP contribution >= 0.6 is 0 Å². The van der Waals surface area contributed by atoms with Crippen molar-refractivity contribution >= 4 is 27.1 Å². The van der Waals surface area contributed by atoms with E-state index in [1.54, 1.807) is 36.4 Å². The molecular weight excluding hydrogens is 395 g/mol. The first-order valence-electron chi connectivity index (χ1n) is 9.08. The summed E-state index contributed by atoms with van der Waals surface area (Å²) in [6.07, 6.45) is 2.84. The van der Waals surface area contributed by atoms with Crippen LogP contribution in [0.3, 0.4) is 0 Å². The molecule has 0 radical (unpaired) electrons. The molecule has 0 atom stereocenters. The lowest BCUT2D eigenvalue weighted by atomic mass is 10.2. The van der Waals surface area contributed by atoms with Crippen LogP contribution in [0.25, 0.3) is 5.69 Å². The minimum Gasteiger partial charge on any atom is -0.369 e. The maximum absolute atomic E-state index is 13.9. The third kappa shape index (κ3) is 4.29. The molecule has 0 bridgehead atoms. The molecule has 1 aliphatic rings. The molecule has 29 heavy (non-hydrogen) atoms. The Bertz CT molecular complexity index is 1150. The van der Waals surface area contributed by atoms with E-state index in [1.165, 1.54) is 23.1 Å². The van der Waals surface area contributed by atoms with Gasteiger partial charge in [0.2, 0.25) is 0 Å². The summed E-state index contributed by atoms with van der Waals surface area (Å²) in [5, 5.41) is 6.87. The van der Waals surface area contributed by atoms with Crippen LogP contribution in [0.1, 0.15) is 10.4 Å². The van der Waals surface area contributed by atoms with Crippen molar-refractivity contribution in [2.45, 2.75) is 0 Å². The monoisotopic (exact) mass is 414 g/mol. The number of sulfone groups is 1. The van der Waals surface area contributed by atoms with Crippen molar-refractivity contribution in [2.75, 3.05) is 34.8 Å². The van der Waals surface area contributed by atoms with Gasteiger partial charge in [-0.2, -0.15) is 5.10 Å². The summed E-state index contributed by atoms with van der Waals surface area (Å²) in [6.45, 7) is 0.851. The lowest BCUT2D eigenvalue weighted by molar-refractivity contribution is 0.102. The molecule has 1 N–H and O–H groups in total. The van der Waals surface area contributed by atoms with Gasteiger partial charge in [0.05, 0.1) is 23.3 Å². The molecule has 0 spiro atoms. The quantitative estimate of drug-likeness (QED) is 0.709. The Morgan fingerprint density at radius 3 is 2.59 bits per heavy atom. The molecular formula is C20H19FN4O3S. The van der Waals surface area contributed by atoms with Gasteiger partial charge in [0.15, 0.2) is 9.84 Å². The van der Waals surface area contributed by atoms with Crippen LogP contribution in [-0.4, -0.2) is 48.7 Å². The van der Waals surface area contributed by atoms with E-state index in [0.717, 1.165) is 5.69 Å². The molecule has 150 valence electrons. The van der Waals surface area contributed by atoms with Crippen molar-refractivity contribution in [3.05, 3.63) is 72.3 Å². The molecule has 1 aromatic heterocycles. The number of para-hydroxylation sites is 1. The number of hydrogen-bond acceptors (Lipinski definition) is 5. The highest BCUT2D eigenvalue weighted by molar-refractivity contribution is 7.91. The molecule has 1 saturated heterocycles. The second-order valence-electron chi connectivity index (χ2n) is 6.77. The number of amides is 1. The first-order valence-corrected chi connectivity index (χ1v) is 10.9. The first kappa shape index (κ1) is 19.1. The predicted octanol–water partition coefficient (Wildman–Crippen LogP) is 2.50. The lowest BCUT2D eigenvalue weighted by Crippen LogP contribution is -2.40. The molecule has 1 aliphatic heterocycles. The highest BCUT2D eigenvalue weighted by Crippen LogP contribution is 2.22. The van der Waals surface area contributed by atoms with Crippen LogP contribution in [0.2, 0.25) is 0 Å². The van der Waals surface area contributed by atoms with Crippen LogP contribution < -0.4 is 10.2 Å². The Morgan fingerprint density at radius 1 is 1.07 bits per heavy atom. The van der Waals surface area contributed by atoms with E-state index >= 15 is 0 Å². The highest BCUT2D eigenvalue weighted by atomic mass is 32.2. The number of rotatable bonds is 4. The van der Waals surface area contributed by atoms with E-state index in [0.29, 0.717) is 24.3 Å². The summed E-state index contributed by atoms with van der Waals surface area (Å²) >= 11 is 0. The molecule has 3 aromatic rings. The maximum Gasteiger partial charge on any atom is 0.258 e. The number of nitrogens with one attached hydrogen (secondary N) is 1. The van der Waals surface area contributed by atoms with Gasteiger partial charge in [0, 0.05) is 30.7 Å². The summed E-state index contributed by atoms with van der Waals surface area (Å²) in [7, 11) is -2.96. The number of nitrogens with zero attached hydrogens (tertiary/aromatic N) is 3. The van der Waals surface area contributed by atoms with Gasteiger partial charge in [-0.25, -0.2) is 17.5 Å². The number of benzene rings is 2. The molecule has 1 fully saturated rings. The van der Waals surface area contributed by atoms with Crippen molar-refractivity contribution in [2.24, 2.45) is 0 Å². The average molecular weight is 414 g/mol. The number of aromatic nitrogens is 2. The van der Waals surface area contributed by atoms with Gasteiger partial charge in [0.1, 0.15) is 11.5 Å². The molecule has 7 nitrogen and oxygen atoms in total. The summed E-state index contributed by atoms with van der Waals surface area (Å²) < 4.78 is 38.4. The summed E-state index contributed by atoms with van der Waals surface area (Å²) in [4.78, 5) is 14.5. The second-order valence-corrected chi connectivity index (χ2v) is 9.07. The fourth-order valence-corrected chi connectivity index (χ4v) is 4.36. The Balaban J connectivity index is 1.47. The van der Waals surface area contributed by atoms with Gasteiger partial charge in [-0.15, -0.1) is 0 Å². The highest BCUT2D eigenvalue weighted by Gasteiger charge is 2.22. The Hall–Kier alpha value is -3.20. The standard InChI is InChI=1S/C20H19FN4O3S/c21-18-6-1-2-7-19(18)25-14-15(13-22-25)20(26)23-16-4-3-5-17(12-16)24-8-10-29(27,28)11-9-24/h1-7,12-14H,8-11H2,(H,23,26). The number of halogens is 1. The molecule has 0 saturated carbocycles. The Kier molecular flexibility index (Phi) is 5.06. The number of hydrogen-bond donors (Lipinski definition) is 1. The SMILES string of the molecule is O=C(Nc1cccc(N2CCS(=O)(=O)CC2)c1)c1cnn(-c2ccccc2F)c1. The third-order valence-electron chi connectivity index (χ3n) is 4.76. The fraction of sp³-hybridized carbons (Fsp3) is 0.200. The van der Waals surface area contributed by atoms with Crippen molar-refractivity contribution in [1.29, 1.82) is 0 Å². The second kappa shape index (κ2) is 7.67. The largest absolute Gasteiger partial charge is 0.369 e. The molecule has 0 aliphatic carbocycles. The van der Waals surface area contributed by atoms with Gasteiger partial charge in [0.25, 0.3) is 5.91 Å². The van der Waals surface area contributed by atoms with Crippen molar-refractivity contribution in [3.8, 4) is 5.69 Å². The normalized spacial score (nSPS) is 15.8. The third-order valence-corrected chi connectivity index (χ3v) is 6.37. The molecule has 2 aromatic carbocycles. The van der Waals surface area contributed by atoms with Gasteiger partial charge >= 0.3 is 0 Å². The van der Waals surface area contributed by atoms with Crippen LogP contribution in [0.15, 0.2) is 60.9 Å². The van der Waals surface area contributed by atoms with E-state index in [4.69, 9.17) is 0 Å². The molecule has 4 rings (SSSR count). The zero-order valence-electron chi connectivity index (χ0n) is 15.5. The fourth-order valence-electron chi connectivity index (χ4n) is 3.16. The van der Waals surface area contributed by atoms with Crippen molar-refractivity contribution in [3.63, 3.8) is 0 Å². The van der Waals surface area contributed by atoms with Gasteiger partial charge in [-0.3, -0.25) is 4.79 Å². The zero-order valence-corrected chi connectivity index (χ0v) is 16.3. The van der Waals surface area contributed by atoms with E-state index in [9.17, 15) is 17.6 Å². The Labute approximate surface area is 167 Å². The molecule has 1 amide bonds. The van der Waals surface area contributed by atoms with E-state index in [-0.39, 0.29) is 23.1 Å². The average Bonchev–Trinajstić information content (AvgIpc) is 3.19. The molecule has 9 heteroatoms. The van der Waals surface area contributed by atoms with Crippen LogP contribution in [-0.2, 0) is 9.84 Å². The van der Waals surface area contributed by atoms with Crippen LogP contribution in [0.5, 0.6) is 0 Å². The predicted molar refractivity (Wildman–Crippen MR) is 109 cm³/mol. The summed E-state index contributed by atoms with van der Waals surface area (Å²) in [6, 6.07) is 13.4. The van der Waals surface area contributed by atoms with Crippen LogP contribution in [0.4, 0.5) is 15.8 Å². The summed E-state index contributed by atoms with van der Waals surface area (Å²) in [5.41, 5.74) is 1.98. The van der Waals surface area contributed by atoms with E-state index in [2.05, 4.69) is 10.4 Å². The van der Waals surface area contributed by atoms with E-state index in [1.807, 2.05) is 11.0 Å². The minimum absolute atomic E-state index is 0.124. The zero-order chi connectivity index (χ0) is 20.4. The smallest absolute Gasteiger partial charge is 0.258 e. The minimum atomic E-state index is -2.96. The van der Waals surface area contributed by atoms with Gasteiger partial charge < -0.3 is 10.2 Å². The topological polar surface area (TPSA) is 84.3 Å². The van der Waals surface area contributed by atoms with Gasteiger partial charge in [-0.05, 0) is 30.3 Å². The molecule has 2 heterocycles. The van der Waals surface area contributed by atoms with Crippen LogP contribution in [0, 0.1) is 5.82 Å². The number of carbonyl (C=O) groups excluding carboxylic acids is 1. The maximum atomic E-state index is 13.9. The summed E-state index contributed by atoms with van der Waals surface area (Å²) in [5.74, 6) is -0.553. The number of carbonyl (C=O) groups is 1. The Morgan fingerprint density at radius 2 is 1.83 bits per heavy atom. The first-order chi connectivity index (χ1) is 13.9. The van der Waals surface area contributed by atoms with E-state index < -0.39 is 15.7 Å². The lowest BCUT2D eigenvalue weighted by Gasteiger charge is -2.29. The van der Waals surface area contributed by atoms with Gasteiger partial charge in [-0.1, -0.05) is 18.2 Å². The number of anilines is 2. The van der Waals surface area contributed by atoms with Crippen molar-refractivity contribution in [1.82, 2.24) is 9.78 Å².